The molecule has 0 heterocycles. The number of hydrogen-bond donors (Lipinski definition) is 3. The van der Waals surface area contributed by atoms with Gasteiger partial charge in [0.1, 0.15) is 0 Å². The summed E-state index contributed by atoms with van der Waals surface area (Å²) in [6.45, 7) is 5.43. The number of benzene rings is 2. The third-order valence-electron chi connectivity index (χ3n) is 3.97. The summed E-state index contributed by atoms with van der Waals surface area (Å²) < 4.78 is 11.4. The molecule has 0 saturated carbocycles. The number of rotatable bonds is 12. The van der Waals surface area contributed by atoms with Crippen molar-refractivity contribution < 1.29 is 14.6 Å². The molecule has 3 N–H and O–H groups in total. The molecule has 0 unspecified atom stereocenters. The van der Waals surface area contributed by atoms with Gasteiger partial charge in [-0.15, -0.1) is 0 Å². The molecule has 0 aliphatic rings. The Morgan fingerprint density at radius 1 is 0.962 bits per heavy atom. The molecule has 0 fully saturated rings. The van der Waals surface area contributed by atoms with Crippen LogP contribution < -0.4 is 20.1 Å². The lowest BCUT2D eigenvalue weighted by atomic mass is 10.1. The van der Waals surface area contributed by atoms with Crippen LogP contribution in [-0.4, -0.2) is 44.6 Å². The fourth-order valence-corrected chi connectivity index (χ4v) is 2.59. The summed E-state index contributed by atoms with van der Waals surface area (Å²) in [5.74, 6) is 1.52. The van der Waals surface area contributed by atoms with Crippen LogP contribution in [0.25, 0.3) is 0 Å². The van der Waals surface area contributed by atoms with Crippen molar-refractivity contribution >= 4 is 0 Å². The second-order valence-corrected chi connectivity index (χ2v) is 6.30. The maximum atomic E-state index is 9.19. The van der Waals surface area contributed by atoms with Gasteiger partial charge in [0.25, 0.3) is 0 Å². The molecule has 0 spiro atoms. The zero-order valence-electron chi connectivity index (χ0n) is 15.7. The molecule has 0 radical (unpaired) electrons. The molecule has 0 aromatic heterocycles. The van der Waals surface area contributed by atoms with E-state index in [4.69, 9.17) is 9.47 Å². The lowest BCUT2D eigenvalue weighted by molar-refractivity contribution is 0.191. The fourth-order valence-electron chi connectivity index (χ4n) is 2.59. The van der Waals surface area contributed by atoms with Crippen LogP contribution in [-0.2, 0) is 13.0 Å². The van der Waals surface area contributed by atoms with Gasteiger partial charge in [-0.2, -0.15) is 0 Å². The van der Waals surface area contributed by atoms with E-state index >= 15 is 0 Å². The van der Waals surface area contributed by atoms with Crippen molar-refractivity contribution in [3.8, 4) is 11.5 Å². The quantitative estimate of drug-likeness (QED) is 0.509. The minimum absolute atomic E-state index is 0.311. The van der Waals surface area contributed by atoms with Gasteiger partial charge in [0.2, 0.25) is 0 Å². The van der Waals surface area contributed by atoms with Crippen molar-refractivity contribution in [3.05, 3.63) is 59.7 Å². The summed E-state index contributed by atoms with van der Waals surface area (Å²) in [6.07, 6.45) is 0.556. The highest BCUT2D eigenvalue weighted by atomic mass is 16.5. The van der Waals surface area contributed by atoms with Gasteiger partial charge in [0, 0.05) is 32.6 Å². The second-order valence-electron chi connectivity index (χ2n) is 6.30. The molecule has 0 aliphatic carbocycles. The maximum Gasteiger partial charge on any atom is 0.161 e. The van der Waals surface area contributed by atoms with Crippen LogP contribution in [0.15, 0.2) is 48.5 Å². The predicted octanol–water partition coefficient (Wildman–Crippen LogP) is 2.38. The van der Waals surface area contributed by atoms with Crippen molar-refractivity contribution in [2.75, 3.05) is 33.4 Å². The Labute approximate surface area is 156 Å². The minimum atomic E-state index is -0.311. The van der Waals surface area contributed by atoms with E-state index < -0.39 is 0 Å². The standard InChI is InChI=1S/C21H30N2O3/c1-17(24)15-22-11-12-23-16-19-8-9-20(21(14-19)25-2)26-13-10-18-6-4-3-5-7-18/h3-9,14,17,22-24H,10-13,15-16H2,1-2H3/t17-/m0/s1. The first kappa shape index (κ1) is 20.2. The van der Waals surface area contributed by atoms with E-state index in [0.717, 1.165) is 43.1 Å². The maximum absolute atomic E-state index is 9.19. The molecule has 2 aromatic rings. The number of methoxy groups -OCH3 is 1. The number of aliphatic hydroxyl groups is 1. The second kappa shape index (κ2) is 11.5. The van der Waals surface area contributed by atoms with Crippen molar-refractivity contribution in [2.45, 2.75) is 26.0 Å². The Balaban J connectivity index is 1.75. The van der Waals surface area contributed by atoms with Crippen LogP contribution in [0, 0.1) is 0 Å². The molecule has 2 rings (SSSR count). The summed E-state index contributed by atoms with van der Waals surface area (Å²) in [5, 5.41) is 15.7. The Bertz CT molecular complexity index is 632. The highest BCUT2D eigenvalue weighted by Gasteiger charge is 2.06. The number of aliphatic hydroxyl groups excluding tert-OH is 1. The van der Waals surface area contributed by atoms with Gasteiger partial charge in [-0.1, -0.05) is 36.4 Å². The molecule has 142 valence electrons. The van der Waals surface area contributed by atoms with E-state index in [2.05, 4.69) is 28.8 Å². The average Bonchev–Trinajstić information content (AvgIpc) is 2.66. The molecule has 5 nitrogen and oxygen atoms in total. The van der Waals surface area contributed by atoms with Crippen LogP contribution in [0.1, 0.15) is 18.1 Å². The molecule has 0 saturated heterocycles. The van der Waals surface area contributed by atoms with Crippen LogP contribution >= 0.6 is 0 Å². The Hall–Kier alpha value is -2.08. The molecule has 5 heteroatoms. The topological polar surface area (TPSA) is 62.8 Å². The van der Waals surface area contributed by atoms with Crippen molar-refractivity contribution in [1.82, 2.24) is 10.6 Å². The Morgan fingerprint density at radius 3 is 2.46 bits per heavy atom. The molecule has 0 aliphatic heterocycles. The van der Waals surface area contributed by atoms with E-state index in [0.29, 0.717) is 13.2 Å². The van der Waals surface area contributed by atoms with E-state index in [-0.39, 0.29) is 6.10 Å². The lowest BCUT2D eigenvalue weighted by Crippen LogP contribution is -2.31. The molecule has 26 heavy (non-hydrogen) atoms. The molecule has 0 bridgehead atoms. The monoisotopic (exact) mass is 358 g/mol. The minimum Gasteiger partial charge on any atom is -0.493 e. The van der Waals surface area contributed by atoms with E-state index in [1.807, 2.05) is 30.3 Å². The third kappa shape index (κ3) is 7.44. The van der Waals surface area contributed by atoms with E-state index in [9.17, 15) is 5.11 Å². The van der Waals surface area contributed by atoms with E-state index in [1.165, 1.54) is 5.56 Å². The number of hydrogen-bond acceptors (Lipinski definition) is 5. The first-order valence-electron chi connectivity index (χ1n) is 9.12. The predicted molar refractivity (Wildman–Crippen MR) is 105 cm³/mol. The highest BCUT2D eigenvalue weighted by molar-refractivity contribution is 5.43. The van der Waals surface area contributed by atoms with Crippen LogP contribution in [0.4, 0.5) is 0 Å². The SMILES string of the molecule is COc1cc(CNCCNC[C@H](C)O)ccc1OCCc1ccccc1. The van der Waals surface area contributed by atoms with Gasteiger partial charge in [-0.05, 0) is 30.2 Å². The zero-order chi connectivity index (χ0) is 18.6. The van der Waals surface area contributed by atoms with Crippen LogP contribution in [0.5, 0.6) is 11.5 Å². The van der Waals surface area contributed by atoms with Crippen molar-refractivity contribution in [2.24, 2.45) is 0 Å². The number of ether oxygens (including phenoxy) is 2. The first-order valence-corrected chi connectivity index (χ1v) is 9.12. The molecular formula is C21H30N2O3. The molecule has 1 atom stereocenters. The van der Waals surface area contributed by atoms with Gasteiger partial charge in [-0.3, -0.25) is 0 Å². The van der Waals surface area contributed by atoms with E-state index in [1.54, 1.807) is 14.0 Å². The van der Waals surface area contributed by atoms with Crippen LogP contribution in [0.2, 0.25) is 0 Å². The Morgan fingerprint density at radius 2 is 1.73 bits per heavy atom. The zero-order valence-corrected chi connectivity index (χ0v) is 15.7. The van der Waals surface area contributed by atoms with Crippen molar-refractivity contribution in [3.63, 3.8) is 0 Å². The third-order valence-corrected chi connectivity index (χ3v) is 3.97. The fraction of sp³-hybridized carbons (Fsp3) is 0.429. The summed E-state index contributed by atoms with van der Waals surface area (Å²) in [4.78, 5) is 0. The summed E-state index contributed by atoms with van der Waals surface area (Å²) in [7, 11) is 1.66. The molecule has 0 amide bonds. The van der Waals surface area contributed by atoms with Gasteiger partial charge < -0.3 is 25.2 Å². The first-order chi connectivity index (χ1) is 12.7. The van der Waals surface area contributed by atoms with Gasteiger partial charge >= 0.3 is 0 Å². The summed E-state index contributed by atoms with van der Waals surface area (Å²) >= 11 is 0. The normalized spacial score (nSPS) is 12.0. The number of nitrogens with one attached hydrogen (secondary N) is 2. The summed E-state index contributed by atoms with van der Waals surface area (Å²) in [6, 6.07) is 16.3. The average molecular weight is 358 g/mol. The smallest absolute Gasteiger partial charge is 0.161 e. The lowest BCUT2D eigenvalue weighted by Gasteiger charge is -2.13. The van der Waals surface area contributed by atoms with Gasteiger partial charge in [-0.25, -0.2) is 0 Å². The van der Waals surface area contributed by atoms with Gasteiger partial charge in [0.15, 0.2) is 11.5 Å². The van der Waals surface area contributed by atoms with Crippen molar-refractivity contribution in [1.29, 1.82) is 0 Å². The van der Waals surface area contributed by atoms with Gasteiger partial charge in [0.05, 0.1) is 19.8 Å². The largest absolute Gasteiger partial charge is 0.493 e. The summed E-state index contributed by atoms with van der Waals surface area (Å²) in [5.41, 5.74) is 2.41. The Kier molecular flexibility index (Phi) is 8.96. The molecular weight excluding hydrogens is 328 g/mol. The highest BCUT2D eigenvalue weighted by Crippen LogP contribution is 2.28. The molecule has 2 aromatic carbocycles. The van der Waals surface area contributed by atoms with Crippen LogP contribution in [0.3, 0.4) is 0 Å².